The Morgan fingerprint density at radius 3 is 2.54 bits per heavy atom. The summed E-state index contributed by atoms with van der Waals surface area (Å²) in [5, 5.41) is 2.40. The fourth-order valence-corrected chi connectivity index (χ4v) is 5.35. The predicted octanol–water partition coefficient (Wildman–Crippen LogP) is 5.78. The van der Waals surface area contributed by atoms with E-state index in [0.29, 0.717) is 48.9 Å². The summed E-state index contributed by atoms with van der Waals surface area (Å²) < 4.78 is 6.30. The van der Waals surface area contributed by atoms with Crippen molar-refractivity contribution in [1.29, 1.82) is 0 Å². The highest BCUT2D eigenvalue weighted by Gasteiger charge is 2.26. The molecule has 2 amide bonds. The van der Waals surface area contributed by atoms with E-state index in [0.717, 1.165) is 38.3 Å². The second-order valence-corrected chi connectivity index (χ2v) is 10.2. The topological polar surface area (TPSA) is 75.6 Å². The van der Waals surface area contributed by atoms with Crippen LogP contribution in [-0.4, -0.2) is 64.6 Å². The Bertz CT molecular complexity index is 1430. The molecule has 35 heavy (non-hydrogen) atoms. The molecule has 180 valence electrons. The number of hydrogen-bond donors (Lipinski definition) is 0. The molecule has 9 heteroatoms. The van der Waals surface area contributed by atoms with Crippen LogP contribution in [-0.2, 0) is 4.74 Å². The standard InChI is InChI=1S/C26H25ClN4O3S/c1-3-12-34-26(33)31-10-8-30(9-11-31)25(32)18-4-6-19-20(27)15-22(29-23(19)13-18)17-5-7-21-24(14-17)35-16(2)28-21/h4-7,13-15H,3,8-12H2,1-2H3. The van der Waals surface area contributed by atoms with Gasteiger partial charge in [-0.1, -0.05) is 30.7 Å². The van der Waals surface area contributed by atoms with Crippen molar-refractivity contribution in [2.75, 3.05) is 32.8 Å². The molecule has 4 aromatic rings. The molecule has 1 aliphatic rings. The third-order valence-corrected chi connectivity index (χ3v) is 7.30. The summed E-state index contributed by atoms with van der Waals surface area (Å²) in [6.07, 6.45) is 0.466. The van der Waals surface area contributed by atoms with Crippen molar-refractivity contribution in [1.82, 2.24) is 19.8 Å². The predicted molar refractivity (Wildman–Crippen MR) is 139 cm³/mol. The average Bonchev–Trinajstić information content (AvgIpc) is 3.25. The number of rotatable bonds is 4. The van der Waals surface area contributed by atoms with Crippen LogP contribution in [0, 0.1) is 6.92 Å². The van der Waals surface area contributed by atoms with Gasteiger partial charge in [-0.3, -0.25) is 4.79 Å². The molecule has 3 heterocycles. The van der Waals surface area contributed by atoms with Crippen molar-refractivity contribution in [2.24, 2.45) is 0 Å². The summed E-state index contributed by atoms with van der Waals surface area (Å²) in [4.78, 5) is 38.0. The summed E-state index contributed by atoms with van der Waals surface area (Å²) in [5.41, 5.74) is 3.89. The first-order valence-corrected chi connectivity index (χ1v) is 12.8. The normalized spacial score (nSPS) is 14.0. The Morgan fingerprint density at radius 2 is 1.77 bits per heavy atom. The van der Waals surface area contributed by atoms with E-state index >= 15 is 0 Å². The molecule has 1 saturated heterocycles. The number of nitrogens with zero attached hydrogens (tertiary/aromatic N) is 4. The van der Waals surface area contributed by atoms with Crippen molar-refractivity contribution in [2.45, 2.75) is 20.3 Å². The molecule has 0 N–H and O–H groups in total. The van der Waals surface area contributed by atoms with Gasteiger partial charge in [0.2, 0.25) is 0 Å². The Morgan fingerprint density at radius 1 is 1.00 bits per heavy atom. The lowest BCUT2D eigenvalue weighted by atomic mass is 10.1. The van der Waals surface area contributed by atoms with Gasteiger partial charge in [-0.25, -0.2) is 14.8 Å². The van der Waals surface area contributed by atoms with Gasteiger partial charge in [0.15, 0.2) is 0 Å². The van der Waals surface area contributed by atoms with Crippen LogP contribution < -0.4 is 0 Å². The highest BCUT2D eigenvalue weighted by atomic mass is 35.5. The average molecular weight is 509 g/mol. The molecule has 1 aliphatic heterocycles. The van der Waals surface area contributed by atoms with Crippen molar-refractivity contribution >= 4 is 56.1 Å². The zero-order chi connectivity index (χ0) is 24.5. The highest BCUT2D eigenvalue weighted by Crippen LogP contribution is 2.32. The smallest absolute Gasteiger partial charge is 0.409 e. The first kappa shape index (κ1) is 23.5. The number of aromatic nitrogens is 2. The molecule has 0 radical (unpaired) electrons. The molecule has 0 spiro atoms. The molecule has 7 nitrogen and oxygen atoms in total. The highest BCUT2D eigenvalue weighted by molar-refractivity contribution is 7.18. The molecule has 0 saturated carbocycles. The molecule has 0 bridgehead atoms. The second-order valence-electron chi connectivity index (χ2n) is 8.53. The molecule has 2 aromatic carbocycles. The Hall–Kier alpha value is -3.23. The molecule has 5 rings (SSSR count). The van der Waals surface area contributed by atoms with Gasteiger partial charge in [-0.05, 0) is 43.7 Å². The number of amides is 2. The number of ether oxygens (including phenoxy) is 1. The Balaban J connectivity index is 1.37. The lowest BCUT2D eigenvalue weighted by Gasteiger charge is -2.34. The maximum Gasteiger partial charge on any atom is 0.409 e. The SMILES string of the molecule is CCCOC(=O)N1CCN(C(=O)c2ccc3c(Cl)cc(-c4ccc5nc(C)sc5c4)nc3c2)CC1. The number of carbonyl (C=O) groups excluding carboxylic acids is 2. The van der Waals surface area contributed by atoms with Gasteiger partial charge in [0, 0.05) is 42.7 Å². The maximum absolute atomic E-state index is 13.2. The van der Waals surface area contributed by atoms with Crippen molar-refractivity contribution < 1.29 is 14.3 Å². The third-order valence-electron chi connectivity index (χ3n) is 6.05. The van der Waals surface area contributed by atoms with Crippen molar-refractivity contribution in [3.63, 3.8) is 0 Å². The Labute approximate surface area is 212 Å². The number of piperazine rings is 1. The van der Waals surface area contributed by atoms with E-state index in [4.69, 9.17) is 21.3 Å². The van der Waals surface area contributed by atoms with Gasteiger partial charge in [0.1, 0.15) is 0 Å². The van der Waals surface area contributed by atoms with Crippen LogP contribution in [0.25, 0.3) is 32.4 Å². The van der Waals surface area contributed by atoms with Gasteiger partial charge in [-0.15, -0.1) is 11.3 Å². The number of halogens is 1. The van der Waals surface area contributed by atoms with E-state index in [9.17, 15) is 9.59 Å². The van der Waals surface area contributed by atoms with E-state index < -0.39 is 0 Å². The van der Waals surface area contributed by atoms with Crippen LogP contribution in [0.2, 0.25) is 5.02 Å². The van der Waals surface area contributed by atoms with Gasteiger partial charge in [0.05, 0.1) is 38.1 Å². The fraction of sp³-hybridized carbons (Fsp3) is 0.308. The summed E-state index contributed by atoms with van der Waals surface area (Å²) in [5.74, 6) is -0.0849. The van der Waals surface area contributed by atoms with Crippen LogP contribution in [0.15, 0.2) is 42.5 Å². The molecular weight excluding hydrogens is 484 g/mol. The van der Waals surface area contributed by atoms with Crippen molar-refractivity contribution in [3.8, 4) is 11.3 Å². The first-order valence-electron chi connectivity index (χ1n) is 11.6. The van der Waals surface area contributed by atoms with Gasteiger partial charge in [-0.2, -0.15) is 0 Å². The van der Waals surface area contributed by atoms with Gasteiger partial charge in [0.25, 0.3) is 5.91 Å². The number of aryl methyl sites for hydroxylation is 1. The van der Waals surface area contributed by atoms with Crippen LogP contribution in [0.4, 0.5) is 4.79 Å². The second kappa shape index (κ2) is 9.79. The fourth-order valence-electron chi connectivity index (χ4n) is 4.22. The quantitative estimate of drug-likeness (QED) is 0.349. The molecule has 0 atom stereocenters. The minimum Gasteiger partial charge on any atom is -0.449 e. The van der Waals surface area contributed by atoms with E-state index in [2.05, 4.69) is 11.1 Å². The molecule has 0 aliphatic carbocycles. The largest absolute Gasteiger partial charge is 0.449 e. The maximum atomic E-state index is 13.2. The number of thiazole rings is 1. The van der Waals surface area contributed by atoms with Gasteiger partial charge >= 0.3 is 6.09 Å². The monoisotopic (exact) mass is 508 g/mol. The zero-order valence-electron chi connectivity index (χ0n) is 19.6. The van der Waals surface area contributed by atoms with Gasteiger partial charge < -0.3 is 14.5 Å². The summed E-state index contributed by atoms with van der Waals surface area (Å²) in [7, 11) is 0. The lowest BCUT2D eigenvalue weighted by molar-refractivity contribution is 0.0560. The van der Waals surface area contributed by atoms with E-state index in [-0.39, 0.29) is 12.0 Å². The minimum atomic E-state index is -0.317. The molecule has 1 fully saturated rings. The van der Waals surface area contributed by atoms with Crippen molar-refractivity contribution in [3.05, 3.63) is 58.1 Å². The number of pyridine rings is 1. The minimum absolute atomic E-state index is 0.0849. The van der Waals surface area contributed by atoms with Crippen LogP contribution in [0.5, 0.6) is 0 Å². The van der Waals surface area contributed by atoms with E-state index in [1.165, 1.54) is 0 Å². The number of benzene rings is 2. The summed E-state index contributed by atoms with van der Waals surface area (Å²) >= 11 is 8.24. The van der Waals surface area contributed by atoms with E-state index in [1.54, 1.807) is 33.3 Å². The lowest BCUT2D eigenvalue weighted by Crippen LogP contribution is -2.50. The number of carbonyl (C=O) groups is 2. The number of fused-ring (bicyclic) bond motifs is 2. The zero-order valence-corrected chi connectivity index (χ0v) is 21.2. The Kier molecular flexibility index (Phi) is 6.58. The number of hydrogen-bond acceptors (Lipinski definition) is 6. The van der Waals surface area contributed by atoms with E-state index in [1.807, 2.05) is 38.1 Å². The van der Waals surface area contributed by atoms with Crippen LogP contribution >= 0.6 is 22.9 Å². The molecule has 2 aromatic heterocycles. The molecule has 0 unspecified atom stereocenters. The summed E-state index contributed by atoms with van der Waals surface area (Å²) in [6, 6.07) is 13.3. The van der Waals surface area contributed by atoms with Crippen LogP contribution in [0.1, 0.15) is 28.7 Å². The first-order chi connectivity index (χ1) is 16.9. The third kappa shape index (κ3) is 4.81. The molecular formula is C26H25ClN4O3S. The summed E-state index contributed by atoms with van der Waals surface area (Å²) in [6.45, 7) is 6.18. The van der Waals surface area contributed by atoms with Crippen LogP contribution in [0.3, 0.4) is 0 Å².